The predicted octanol–water partition coefficient (Wildman–Crippen LogP) is 0.652. The highest BCUT2D eigenvalue weighted by molar-refractivity contribution is 5.92. The normalized spacial score (nSPS) is 10.5. The van der Waals surface area contributed by atoms with Crippen LogP contribution in [0.25, 0.3) is 0 Å². The molecule has 1 amide bonds. The molecule has 0 radical (unpaired) electrons. The van der Waals surface area contributed by atoms with E-state index in [0.29, 0.717) is 0 Å². The van der Waals surface area contributed by atoms with E-state index in [1.165, 1.54) is 30.7 Å². The molecule has 0 fully saturated rings. The molecule has 0 saturated carbocycles. The Morgan fingerprint density at radius 3 is 2.68 bits per heavy atom. The largest absolute Gasteiger partial charge is 0.504 e. The summed E-state index contributed by atoms with van der Waals surface area (Å²) in [5, 5.41) is 22.4. The molecule has 1 aromatic heterocycles. The van der Waals surface area contributed by atoms with Gasteiger partial charge >= 0.3 is 5.91 Å². The molecule has 3 N–H and O–H groups in total. The van der Waals surface area contributed by atoms with E-state index < -0.39 is 5.91 Å². The molecule has 0 saturated heterocycles. The molecule has 0 spiro atoms. The number of carbonyl (C=O) groups excluding carboxylic acids is 1. The van der Waals surface area contributed by atoms with Crippen LogP contribution in [0.1, 0.15) is 16.2 Å². The number of para-hydroxylation sites is 1. The molecule has 0 aliphatic carbocycles. The van der Waals surface area contributed by atoms with Crippen LogP contribution < -0.4 is 5.43 Å². The summed E-state index contributed by atoms with van der Waals surface area (Å²) in [6.45, 7) is 0. The van der Waals surface area contributed by atoms with Gasteiger partial charge in [-0.3, -0.25) is 4.79 Å². The minimum absolute atomic E-state index is 0.0141. The van der Waals surface area contributed by atoms with E-state index in [1.807, 2.05) is 0 Å². The lowest BCUT2D eigenvalue weighted by Crippen LogP contribution is -2.20. The highest BCUT2D eigenvalue weighted by atomic mass is 16.3. The maximum absolute atomic E-state index is 11.5. The van der Waals surface area contributed by atoms with Crippen LogP contribution in [-0.2, 0) is 0 Å². The van der Waals surface area contributed by atoms with E-state index in [-0.39, 0.29) is 22.9 Å². The molecule has 1 aromatic carbocycles. The molecule has 2 aromatic rings. The number of aromatic nitrogens is 2. The minimum Gasteiger partial charge on any atom is -0.504 e. The number of benzene rings is 1. The monoisotopic (exact) mass is 258 g/mol. The molecule has 19 heavy (non-hydrogen) atoms. The van der Waals surface area contributed by atoms with Crippen molar-refractivity contribution in [2.45, 2.75) is 0 Å². The van der Waals surface area contributed by atoms with Crippen LogP contribution in [0.5, 0.6) is 11.5 Å². The number of hydrogen-bond donors (Lipinski definition) is 3. The molecule has 0 atom stereocenters. The molecule has 0 unspecified atom stereocenters. The summed E-state index contributed by atoms with van der Waals surface area (Å²) in [6, 6.07) is 6.00. The zero-order valence-electron chi connectivity index (χ0n) is 9.69. The zero-order chi connectivity index (χ0) is 13.7. The van der Waals surface area contributed by atoms with Gasteiger partial charge in [0, 0.05) is 18.0 Å². The Hall–Kier alpha value is -2.96. The third-order valence-corrected chi connectivity index (χ3v) is 2.18. The summed E-state index contributed by atoms with van der Waals surface area (Å²) in [7, 11) is 0. The third-order valence-electron chi connectivity index (χ3n) is 2.18. The molecule has 1 heterocycles. The lowest BCUT2D eigenvalue weighted by molar-refractivity contribution is 0.0944. The van der Waals surface area contributed by atoms with Crippen LogP contribution in [0.15, 0.2) is 41.8 Å². The van der Waals surface area contributed by atoms with Crippen LogP contribution in [-0.4, -0.2) is 32.3 Å². The van der Waals surface area contributed by atoms with Gasteiger partial charge in [-0.15, -0.1) is 0 Å². The first kappa shape index (κ1) is 12.5. The smallest absolute Gasteiger partial charge is 0.309 e. The van der Waals surface area contributed by atoms with Gasteiger partial charge in [0.2, 0.25) is 5.82 Å². The Balaban J connectivity index is 2.05. The topological polar surface area (TPSA) is 108 Å². The molecular weight excluding hydrogens is 248 g/mol. The first-order valence-electron chi connectivity index (χ1n) is 5.30. The van der Waals surface area contributed by atoms with Gasteiger partial charge in [0.1, 0.15) is 0 Å². The van der Waals surface area contributed by atoms with Crippen LogP contribution in [0.2, 0.25) is 0 Å². The maximum Gasteiger partial charge on any atom is 0.309 e. The summed E-state index contributed by atoms with van der Waals surface area (Å²) in [5.74, 6) is -1.16. The fraction of sp³-hybridized carbons (Fsp3) is 0. The van der Waals surface area contributed by atoms with Crippen molar-refractivity contribution in [2.75, 3.05) is 0 Å². The number of nitrogens with zero attached hydrogens (tertiary/aromatic N) is 3. The number of amides is 1. The van der Waals surface area contributed by atoms with Crippen molar-refractivity contribution in [3.8, 4) is 11.5 Å². The Morgan fingerprint density at radius 2 is 1.95 bits per heavy atom. The molecule has 0 aliphatic heterocycles. The molecule has 2 rings (SSSR count). The second-order valence-corrected chi connectivity index (χ2v) is 3.49. The Morgan fingerprint density at radius 1 is 1.21 bits per heavy atom. The summed E-state index contributed by atoms with van der Waals surface area (Å²) >= 11 is 0. The highest BCUT2D eigenvalue weighted by Gasteiger charge is 2.06. The molecule has 7 nitrogen and oxygen atoms in total. The van der Waals surface area contributed by atoms with Gasteiger partial charge in [-0.25, -0.2) is 15.4 Å². The maximum atomic E-state index is 11.5. The number of phenolic OH excluding ortho intramolecular Hbond substituents is 2. The second kappa shape index (κ2) is 5.58. The van der Waals surface area contributed by atoms with E-state index >= 15 is 0 Å². The van der Waals surface area contributed by atoms with Crippen molar-refractivity contribution in [3.05, 3.63) is 48.0 Å². The quantitative estimate of drug-likeness (QED) is 0.425. The lowest BCUT2D eigenvalue weighted by atomic mass is 10.2. The van der Waals surface area contributed by atoms with Gasteiger partial charge in [-0.1, -0.05) is 6.07 Å². The van der Waals surface area contributed by atoms with Crippen molar-refractivity contribution >= 4 is 12.1 Å². The highest BCUT2D eigenvalue weighted by Crippen LogP contribution is 2.26. The molecule has 7 heteroatoms. The molecule has 96 valence electrons. The summed E-state index contributed by atoms with van der Waals surface area (Å²) < 4.78 is 0. The van der Waals surface area contributed by atoms with Crippen LogP contribution in [0.3, 0.4) is 0 Å². The Bertz CT molecular complexity index is 614. The lowest BCUT2D eigenvalue weighted by Gasteiger charge is -2.00. The number of phenols is 2. The van der Waals surface area contributed by atoms with Crippen molar-refractivity contribution in [2.24, 2.45) is 5.10 Å². The number of rotatable bonds is 3. The standard InChI is InChI=1S/C12H10N4O3/c17-9-4-1-3-8(10(9)18)7-15-16-12(19)11-13-5-2-6-14-11/h1-7,17-18H,(H,16,19)/b15-7+. The predicted molar refractivity (Wildman–Crippen MR) is 66.9 cm³/mol. The van der Waals surface area contributed by atoms with E-state index in [0.717, 1.165) is 0 Å². The van der Waals surface area contributed by atoms with Crippen molar-refractivity contribution in [1.82, 2.24) is 15.4 Å². The van der Waals surface area contributed by atoms with Gasteiger partial charge in [-0.2, -0.15) is 5.10 Å². The molecule has 0 aliphatic rings. The fourth-order valence-corrected chi connectivity index (χ4v) is 1.28. The number of carbonyl (C=O) groups is 1. The fourth-order valence-electron chi connectivity index (χ4n) is 1.28. The number of aromatic hydroxyl groups is 2. The van der Waals surface area contributed by atoms with Crippen LogP contribution in [0.4, 0.5) is 0 Å². The second-order valence-electron chi connectivity index (χ2n) is 3.49. The Labute approximate surface area is 108 Å². The average molecular weight is 258 g/mol. The zero-order valence-corrected chi connectivity index (χ0v) is 9.69. The first-order chi connectivity index (χ1) is 9.18. The van der Waals surface area contributed by atoms with Crippen molar-refractivity contribution < 1.29 is 15.0 Å². The van der Waals surface area contributed by atoms with Gasteiger partial charge < -0.3 is 10.2 Å². The molecule has 0 bridgehead atoms. The van der Waals surface area contributed by atoms with Crippen LogP contribution in [0, 0.1) is 0 Å². The van der Waals surface area contributed by atoms with Gasteiger partial charge in [0.25, 0.3) is 0 Å². The van der Waals surface area contributed by atoms with Gasteiger partial charge in [0.15, 0.2) is 11.5 Å². The van der Waals surface area contributed by atoms with Crippen molar-refractivity contribution in [3.63, 3.8) is 0 Å². The summed E-state index contributed by atoms with van der Waals surface area (Å²) in [4.78, 5) is 19.0. The minimum atomic E-state index is -0.573. The molecular formula is C12H10N4O3. The number of nitrogens with one attached hydrogen (secondary N) is 1. The summed E-state index contributed by atoms with van der Waals surface area (Å²) in [5.41, 5.74) is 2.48. The first-order valence-corrected chi connectivity index (χ1v) is 5.30. The third kappa shape index (κ3) is 3.03. The van der Waals surface area contributed by atoms with Gasteiger partial charge in [0.05, 0.1) is 6.21 Å². The SMILES string of the molecule is O=C(N/N=C/c1cccc(O)c1O)c1ncccn1. The van der Waals surface area contributed by atoms with Crippen LogP contribution >= 0.6 is 0 Å². The average Bonchev–Trinajstić information content (AvgIpc) is 2.44. The number of hydrazone groups is 1. The van der Waals surface area contributed by atoms with E-state index in [2.05, 4.69) is 20.5 Å². The van der Waals surface area contributed by atoms with E-state index in [9.17, 15) is 15.0 Å². The van der Waals surface area contributed by atoms with Crippen molar-refractivity contribution in [1.29, 1.82) is 0 Å². The van der Waals surface area contributed by atoms with Gasteiger partial charge in [-0.05, 0) is 18.2 Å². The Kier molecular flexibility index (Phi) is 3.67. The van der Waals surface area contributed by atoms with E-state index in [1.54, 1.807) is 12.1 Å². The van der Waals surface area contributed by atoms with E-state index in [4.69, 9.17) is 0 Å². The summed E-state index contributed by atoms with van der Waals surface area (Å²) in [6.07, 6.45) is 4.08. The number of hydrogen-bond acceptors (Lipinski definition) is 6.